The van der Waals surface area contributed by atoms with E-state index in [0.717, 1.165) is 5.69 Å². The third-order valence-corrected chi connectivity index (χ3v) is 5.07. The molecule has 5 heteroatoms. The first-order valence-corrected chi connectivity index (χ1v) is 8.10. The Kier molecular flexibility index (Phi) is 3.70. The highest BCUT2D eigenvalue weighted by atomic mass is 32.2. The SMILES string of the molecule is CC1(C)CCSCC1Nc1ccc(-n2cncn2)cc1. The lowest BCUT2D eigenvalue weighted by Gasteiger charge is -2.39. The van der Waals surface area contributed by atoms with Crippen molar-refractivity contribution >= 4 is 17.4 Å². The minimum absolute atomic E-state index is 0.357. The highest BCUT2D eigenvalue weighted by Gasteiger charge is 2.32. The van der Waals surface area contributed by atoms with Gasteiger partial charge in [0, 0.05) is 17.5 Å². The maximum Gasteiger partial charge on any atom is 0.138 e. The quantitative estimate of drug-likeness (QED) is 0.942. The third-order valence-electron chi connectivity index (χ3n) is 4.01. The average molecular weight is 288 g/mol. The van der Waals surface area contributed by atoms with Gasteiger partial charge in [-0.25, -0.2) is 9.67 Å². The molecule has 1 aliphatic rings. The molecule has 1 aromatic heterocycles. The number of benzene rings is 1. The van der Waals surface area contributed by atoms with Crippen molar-refractivity contribution in [3.05, 3.63) is 36.9 Å². The summed E-state index contributed by atoms with van der Waals surface area (Å²) < 4.78 is 1.77. The van der Waals surface area contributed by atoms with Crippen LogP contribution in [0, 0.1) is 5.41 Å². The zero-order valence-electron chi connectivity index (χ0n) is 11.9. The normalized spacial score (nSPS) is 21.6. The molecule has 1 unspecified atom stereocenters. The largest absolute Gasteiger partial charge is 0.381 e. The summed E-state index contributed by atoms with van der Waals surface area (Å²) in [5, 5.41) is 7.81. The Morgan fingerprint density at radius 3 is 2.75 bits per heavy atom. The summed E-state index contributed by atoms with van der Waals surface area (Å²) in [7, 11) is 0. The number of hydrogen-bond acceptors (Lipinski definition) is 4. The molecule has 0 saturated carbocycles. The van der Waals surface area contributed by atoms with E-state index in [1.54, 1.807) is 17.3 Å². The molecular formula is C15H20N4S. The van der Waals surface area contributed by atoms with Gasteiger partial charge in [0.2, 0.25) is 0 Å². The second kappa shape index (κ2) is 5.48. The Bertz CT molecular complexity index is 548. The molecule has 2 aromatic rings. The van der Waals surface area contributed by atoms with Gasteiger partial charge in [-0.2, -0.15) is 16.9 Å². The predicted molar refractivity (Wildman–Crippen MR) is 84.5 cm³/mol. The fraction of sp³-hybridized carbons (Fsp3) is 0.467. The van der Waals surface area contributed by atoms with E-state index < -0.39 is 0 Å². The minimum Gasteiger partial charge on any atom is -0.381 e. The molecule has 1 saturated heterocycles. The van der Waals surface area contributed by atoms with Crippen LogP contribution in [0.5, 0.6) is 0 Å². The van der Waals surface area contributed by atoms with Crippen molar-refractivity contribution < 1.29 is 0 Å². The van der Waals surface area contributed by atoms with Crippen molar-refractivity contribution in [2.75, 3.05) is 16.8 Å². The zero-order valence-corrected chi connectivity index (χ0v) is 12.7. The van der Waals surface area contributed by atoms with E-state index in [1.165, 1.54) is 23.6 Å². The Morgan fingerprint density at radius 2 is 2.10 bits per heavy atom. The summed E-state index contributed by atoms with van der Waals surface area (Å²) in [4.78, 5) is 3.97. The molecule has 1 aromatic carbocycles. The second-order valence-electron chi connectivity index (χ2n) is 5.90. The molecule has 0 bridgehead atoms. The van der Waals surface area contributed by atoms with E-state index >= 15 is 0 Å². The minimum atomic E-state index is 0.357. The van der Waals surface area contributed by atoms with Crippen LogP contribution < -0.4 is 5.32 Å². The molecule has 20 heavy (non-hydrogen) atoms. The molecule has 4 nitrogen and oxygen atoms in total. The number of aromatic nitrogens is 3. The number of rotatable bonds is 3. The van der Waals surface area contributed by atoms with Gasteiger partial charge in [0.15, 0.2) is 0 Å². The highest BCUT2D eigenvalue weighted by Crippen LogP contribution is 2.36. The molecular weight excluding hydrogens is 268 g/mol. The van der Waals surface area contributed by atoms with Gasteiger partial charge in [-0.15, -0.1) is 0 Å². The summed E-state index contributed by atoms with van der Waals surface area (Å²) >= 11 is 2.04. The van der Waals surface area contributed by atoms with Crippen molar-refractivity contribution in [2.45, 2.75) is 26.3 Å². The van der Waals surface area contributed by atoms with E-state index in [2.05, 4.69) is 53.5 Å². The van der Waals surface area contributed by atoms with Crippen molar-refractivity contribution in [1.82, 2.24) is 14.8 Å². The van der Waals surface area contributed by atoms with Crippen LogP contribution >= 0.6 is 11.8 Å². The van der Waals surface area contributed by atoms with Crippen LogP contribution in [-0.2, 0) is 0 Å². The zero-order chi connectivity index (χ0) is 14.0. The van der Waals surface area contributed by atoms with E-state index in [0.29, 0.717) is 11.5 Å². The van der Waals surface area contributed by atoms with Gasteiger partial charge < -0.3 is 5.32 Å². The third kappa shape index (κ3) is 2.82. The number of anilines is 1. The van der Waals surface area contributed by atoms with Crippen LogP contribution in [0.4, 0.5) is 5.69 Å². The fourth-order valence-corrected chi connectivity index (χ4v) is 4.03. The Balaban J connectivity index is 1.72. The Labute approximate surface area is 124 Å². The standard InChI is InChI=1S/C15H20N4S/c1-15(2)7-8-20-9-14(15)18-12-3-5-13(6-4-12)19-11-16-10-17-19/h3-6,10-11,14,18H,7-9H2,1-2H3. The van der Waals surface area contributed by atoms with Gasteiger partial charge in [-0.05, 0) is 41.9 Å². The van der Waals surface area contributed by atoms with Crippen LogP contribution in [0.1, 0.15) is 20.3 Å². The van der Waals surface area contributed by atoms with Crippen molar-refractivity contribution in [3.8, 4) is 5.69 Å². The molecule has 1 aliphatic heterocycles. The molecule has 0 radical (unpaired) electrons. The number of thioether (sulfide) groups is 1. The van der Waals surface area contributed by atoms with Gasteiger partial charge in [0.1, 0.15) is 12.7 Å². The first-order valence-electron chi connectivity index (χ1n) is 6.94. The number of hydrogen-bond donors (Lipinski definition) is 1. The Hall–Kier alpha value is -1.49. The lowest BCUT2D eigenvalue weighted by atomic mass is 9.82. The lowest BCUT2D eigenvalue weighted by Crippen LogP contribution is -2.41. The topological polar surface area (TPSA) is 42.7 Å². The van der Waals surface area contributed by atoms with Gasteiger partial charge in [-0.1, -0.05) is 13.8 Å². The lowest BCUT2D eigenvalue weighted by molar-refractivity contribution is 0.305. The van der Waals surface area contributed by atoms with E-state index in [1.807, 2.05) is 11.8 Å². The van der Waals surface area contributed by atoms with Crippen LogP contribution in [0.25, 0.3) is 5.69 Å². The summed E-state index contributed by atoms with van der Waals surface area (Å²) in [6.45, 7) is 4.71. The Morgan fingerprint density at radius 1 is 1.30 bits per heavy atom. The summed E-state index contributed by atoms with van der Waals surface area (Å²) in [5.41, 5.74) is 2.57. The predicted octanol–water partition coefficient (Wildman–Crippen LogP) is 3.21. The van der Waals surface area contributed by atoms with Crippen molar-refractivity contribution in [2.24, 2.45) is 5.41 Å². The molecule has 0 spiro atoms. The van der Waals surface area contributed by atoms with Gasteiger partial charge >= 0.3 is 0 Å². The maximum absolute atomic E-state index is 4.14. The van der Waals surface area contributed by atoms with E-state index in [9.17, 15) is 0 Å². The number of nitrogens with one attached hydrogen (secondary N) is 1. The molecule has 0 aliphatic carbocycles. The van der Waals surface area contributed by atoms with Crippen LogP contribution in [0.3, 0.4) is 0 Å². The maximum atomic E-state index is 4.14. The van der Waals surface area contributed by atoms with Crippen LogP contribution in [0.15, 0.2) is 36.9 Å². The van der Waals surface area contributed by atoms with E-state index in [-0.39, 0.29) is 0 Å². The number of nitrogens with zero attached hydrogens (tertiary/aromatic N) is 3. The van der Waals surface area contributed by atoms with Gasteiger partial charge in [0.05, 0.1) is 5.69 Å². The highest BCUT2D eigenvalue weighted by molar-refractivity contribution is 7.99. The summed E-state index contributed by atoms with van der Waals surface area (Å²) in [5.74, 6) is 2.45. The molecule has 1 fully saturated rings. The summed E-state index contributed by atoms with van der Waals surface area (Å²) in [6.07, 6.45) is 4.53. The molecule has 0 amide bonds. The van der Waals surface area contributed by atoms with Crippen LogP contribution in [-0.4, -0.2) is 32.3 Å². The first kappa shape index (κ1) is 13.5. The molecule has 3 rings (SSSR count). The molecule has 106 valence electrons. The molecule has 1 atom stereocenters. The van der Waals surface area contributed by atoms with E-state index in [4.69, 9.17) is 0 Å². The smallest absolute Gasteiger partial charge is 0.138 e. The first-order chi connectivity index (χ1) is 9.65. The monoisotopic (exact) mass is 288 g/mol. The molecule has 1 N–H and O–H groups in total. The van der Waals surface area contributed by atoms with Crippen molar-refractivity contribution in [1.29, 1.82) is 0 Å². The summed E-state index contributed by atoms with van der Waals surface area (Å²) in [6, 6.07) is 8.90. The fourth-order valence-electron chi connectivity index (χ4n) is 2.43. The van der Waals surface area contributed by atoms with Gasteiger partial charge in [-0.3, -0.25) is 0 Å². The van der Waals surface area contributed by atoms with Crippen molar-refractivity contribution in [3.63, 3.8) is 0 Å². The van der Waals surface area contributed by atoms with Gasteiger partial charge in [0.25, 0.3) is 0 Å². The van der Waals surface area contributed by atoms with Crippen LogP contribution in [0.2, 0.25) is 0 Å². The molecule has 2 heterocycles. The average Bonchev–Trinajstić information content (AvgIpc) is 2.96. The second-order valence-corrected chi connectivity index (χ2v) is 7.05.